The van der Waals surface area contributed by atoms with Crippen LogP contribution in [-0.4, -0.2) is 39.6 Å². The molecule has 4 aromatic rings. The molecule has 0 saturated carbocycles. The van der Waals surface area contributed by atoms with Crippen LogP contribution in [0.15, 0.2) is 59.5 Å². The van der Waals surface area contributed by atoms with Crippen molar-refractivity contribution in [1.29, 1.82) is 0 Å². The predicted molar refractivity (Wildman–Crippen MR) is 106 cm³/mol. The minimum atomic E-state index is -1.13. The maximum atomic E-state index is 12.3. The van der Waals surface area contributed by atoms with Gasteiger partial charge in [0.1, 0.15) is 6.10 Å². The lowest BCUT2D eigenvalue weighted by Gasteiger charge is -2.16. The maximum Gasteiger partial charge on any atom is 0.368 e. The first-order valence-electron chi connectivity index (χ1n) is 8.94. The highest BCUT2D eigenvalue weighted by atomic mass is 16.6. The second-order valence-corrected chi connectivity index (χ2v) is 6.67. The van der Waals surface area contributed by atoms with Crippen molar-refractivity contribution in [3.63, 3.8) is 0 Å². The van der Waals surface area contributed by atoms with E-state index in [9.17, 15) is 20.0 Å². The van der Waals surface area contributed by atoms with Crippen LogP contribution in [0.3, 0.4) is 0 Å². The number of nitro benzene ring substituents is 1. The summed E-state index contributed by atoms with van der Waals surface area (Å²) >= 11 is 0. The van der Waals surface area contributed by atoms with Crippen LogP contribution in [0, 0.1) is 17.0 Å². The average Bonchev–Trinajstić information content (AvgIpc) is 3.35. The number of rotatable bonds is 5. The zero-order chi connectivity index (χ0) is 21.4. The van der Waals surface area contributed by atoms with Gasteiger partial charge in [-0.05, 0) is 47.2 Å². The van der Waals surface area contributed by atoms with Gasteiger partial charge in [-0.25, -0.2) is 9.48 Å². The van der Waals surface area contributed by atoms with Gasteiger partial charge in [0.25, 0.3) is 5.69 Å². The molecule has 11 nitrogen and oxygen atoms in total. The van der Waals surface area contributed by atoms with Crippen molar-refractivity contribution in [3.8, 4) is 11.4 Å². The Hall–Kier alpha value is -4.12. The quantitative estimate of drug-likeness (QED) is 0.391. The van der Waals surface area contributed by atoms with E-state index < -0.39 is 16.7 Å². The topological polar surface area (TPSA) is 134 Å². The first-order valence-corrected chi connectivity index (χ1v) is 8.94. The lowest BCUT2D eigenvalue weighted by atomic mass is 9.99. The van der Waals surface area contributed by atoms with Crippen molar-refractivity contribution in [2.75, 3.05) is 0 Å². The van der Waals surface area contributed by atoms with E-state index in [1.54, 1.807) is 36.5 Å². The molecule has 1 N–H and O–H groups in total. The van der Waals surface area contributed by atoms with Crippen molar-refractivity contribution >= 4 is 5.69 Å². The molecule has 0 aliphatic heterocycles. The van der Waals surface area contributed by atoms with E-state index >= 15 is 0 Å². The van der Waals surface area contributed by atoms with Crippen molar-refractivity contribution < 1.29 is 10.0 Å². The number of aliphatic hydroxyl groups excluding tert-OH is 1. The number of non-ortho nitro benzene ring substituents is 1. The van der Waals surface area contributed by atoms with E-state index in [4.69, 9.17) is 0 Å². The minimum Gasteiger partial charge on any atom is -0.382 e. The van der Waals surface area contributed by atoms with Gasteiger partial charge in [0, 0.05) is 30.9 Å². The van der Waals surface area contributed by atoms with Gasteiger partial charge in [-0.3, -0.25) is 10.1 Å². The van der Waals surface area contributed by atoms with Crippen molar-refractivity contribution in [2.45, 2.75) is 13.0 Å². The summed E-state index contributed by atoms with van der Waals surface area (Å²) in [5.41, 5.74) is 2.13. The number of aromatic nitrogens is 6. The van der Waals surface area contributed by atoms with Gasteiger partial charge < -0.3 is 5.11 Å². The molecule has 0 spiro atoms. The van der Waals surface area contributed by atoms with Crippen molar-refractivity contribution in [3.05, 3.63) is 92.1 Å². The first kappa shape index (κ1) is 19.2. The summed E-state index contributed by atoms with van der Waals surface area (Å²) in [4.78, 5) is 22.7. The van der Waals surface area contributed by atoms with E-state index in [0.717, 1.165) is 14.9 Å². The van der Waals surface area contributed by atoms with Gasteiger partial charge in [0.15, 0.2) is 0 Å². The Morgan fingerprint density at radius 2 is 1.83 bits per heavy atom. The molecule has 0 radical (unpaired) electrons. The summed E-state index contributed by atoms with van der Waals surface area (Å²) in [6, 6.07) is 12.8. The van der Waals surface area contributed by atoms with Crippen LogP contribution in [0.1, 0.15) is 22.9 Å². The Morgan fingerprint density at radius 1 is 1.10 bits per heavy atom. The Morgan fingerprint density at radius 3 is 2.47 bits per heavy atom. The third-order valence-electron chi connectivity index (χ3n) is 4.74. The Balaban J connectivity index is 1.73. The molecule has 11 heteroatoms. The molecule has 1 unspecified atom stereocenters. The van der Waals surface area contributed by atoms with Gasteiger partial charge in [0.2, 0.25) is 0 Å². The molecular formula is C19H17N7O4. The molecular weight excluding hydrogens is 390 g/mol. The number of aliphatic hydroxyl groups is 1. The largest absolute Gasteiger partial charge is 0.382 e. The Labute approximate surface area is 169 Å². The standard InChI is InChI=1S/C19H17N7O4/c1-12-4-3-5-16(25-19(28)23(2)21-22-25)17(12)18(27)15-10-11-24(20-15)13-6-8-14(9-7-13)26(29)30/h3-11,18,27H,1-2H3. The SMILES string of the molecule is Cc1cccc(-n2nnn(C)c2=O)c1C(O)c1ccn(-c2ccc([N+](=O)[O-])cc2)n1. The summed E-state index contributed by atoms with van der Waals surface area (Å²) in [5, 5.41) is 33.9. The van der Waals surface area contributed by atoms with Crippen LogP contribution in [0.25, 0.3) is 11.4 Å². The minimum absolute atomic E-state index is 0.0230. The van der Waals surface area contributed by atoms with Crippen LogP contribution in [0.4, 0.5) is 5.69 Å². The smallest absolute Gasteiger partial charge is 0.368 e. The highest BCUT2D eigenvalue weighted by Gasteiger charge is 2.22. The number of aryl methyl sites for hydroxylation is 2. The summed E-state index contributed by atoms with van der Waals surface area (Å²) in [6.45, 7) is 1.82. The fourth-order valence-corrected chi connectivity index (χ4v) is 3.17. The molecule has 0 fully saturated rings. The lowest BCUT2D eigenvalue weighted by Crippen LogP contribution is -2.23. The molecule has 152 valence electrons. The van der Waals surface area contributed by atoms with Crippen LogP contribution in [-0.2, 0) is 7.05 Å². The fourth-order valence-electron chi connectivity index (χ4n) is 3.17. The Kier molecular flexibility index (Phi) is 4.72. The molecule has 0 aliphatic carbocycles. The second kappa shape index (κ2) is 7.37. The van der Waals surface area contributed by atoms with Gasteiger partial charge >= 0.3 is 5.69 Å². The monoisotopic (exact) mass is 407 g/mol. The molecule has 0 amide bonds. The number of hydrogen-bond acceptors (Lipinski definition) is 7. The molecule has 2 aromatic heterocycles. The van der Waals surface area contributed by atoms with Crippen LogP contribution in [0.5, 0.6) is 0 Å². The predicted octanol–water partition coefficient (Wildman–Crippen LogP) is 1.45. The molecule has 30 heavy (non-hydrogen) atoms. The number of nitro groups is 1. The summed E-state index contributed by atoms with van der Waals surface area (Å²) in [7, 11) is 1.49. The lowest BCUT2D eigenvalue weighted by molar-refractivity contribution is -0.384. The molecule has 0 saturated heterocycles. The van der Waals surface area contributed by atoms with Gasteiger partial charge in [0.05, 0.1) is 22.0 Å². The highest BCUT2D eigenvalue weighted by molar-refractivity contribution is 5.49. The van der Waals surface area contributed by atoms with Crippen molar-refractivity contribution in [1.82, 2.24) is 29.6 Å². The van der Waals surface area contributed by atoms with E-state index in [0.29, 0.717) is 22.6 Å². The normalized spacial score (nSPS) is 12.1. The van der Waals surface area contributed by atoms with Crippen LogP contribution in [0.2, 0.25) is 0 Å². The highest BCUT2D eigenvalue weighted by Crippen LogP contribution is 2.29. The number of nitrogens with zero attached hydrogens (tertiary/aromatic N) is 7. The summed E-state index contributed by atoms with van der Waals surface area (Å²) < 4.78 is 3.73. The molecule has 2 heterocycles. The van der Waals surface area contributed by atoms with E-state index in [-0.39, 0.29) is 5.69 Å². The molecule has 0 aliphatic rings. The number of benzene rings is 2. The van der Waals surface area contributed by atoms with E-state index in [1.807, 2.05) is 13.0 Å². The second-order valence-electron chi connectivity index (χ2n) is 6.67. The van der Waals surface area contributed by atoms with E-state index in [1.165, 1.54) is 23.9 Å². The van der Waals surface area contributed by atoms with Gasteiger partial charge in [-0.2, -0.15) is 14.5 Å². The molecule has 4 rings (SSSR count). The molecule has 0 bridgehead atoms. The van der Waals surface area contributed by atoms with Crippen LogP contribution < -0.4 is 5.69 Å². The maximum absolute atomic E-state index is 12.3. The Bertz CT molecular complexity index is 1290. The zero-order valence-electron chi connectivity index (χ0n) is 16.1. The van der Waals surface area contributed by atoms with Crippen molar-refractivity contribution in [2.24, 2.45) is 7.05 Å². The molecule has 1 atom stereocenters. The van der Waals surface area contributed by atoms with Crippen LogP contribution >= 0.6 is 0 Å². The summed E-state index contributed by atoms with van der Waals surface area (Å²) in [5.74, 6) is 0. The first-order chi connectivity index (χ1) is 14.4. The third kappa shape index (κ3) is 3.26. The average molecular weight is 407 g/mol. The third-order valence-corrected chi connectivity index (χ3v) is 4.74. The summed E-state index contributed by atoms with van der Waals surface area (Å²) in [6.07, 6.45) is 0.515. The number of tetrazole rings is 1. The molecule has 2 aromatic carbocycles. The zero-order valence-corrected chi connectivity index (χ0v) is 16.1. The van der Waals surface area contributed by atoms with Gasteiger partial charge in [-0.1, -0.05) is 12.1 Å². The van der Waals surface area contributed by atoms with E-state index in [2.05, 4.69) is 15.5 Å². The fraction of sp³-hybridized carbons (Fsp3) is 0.158. The number of hydrogen-bond donors (Lipinski definition) is 1. The van der Waals surface area contributed by atoms with Gasteiger partial charge in [-0.15, -0.1) is 0 Å².